The van der Waals surface area contributed by atoms with Crippen molar-refractivity contribution in [1.82, 2.24) is 0 Å². The Morgan fingerprint density at radius 3 is 2.29 bits per heavy atom. The molecular weight excluding hydrogens is 537 g/mol. The number of alkyl halides is 3. The fraction of sp³-hybridized carbons (Fsp3) is 0.290. The topological polar surface area (TPSA) is 92.8 Å². The molecule has 0 unspecified atom stereocenters. The van der Waals surface area contributed by atoms with Crippen molar-refractivity contribution >= 4 is 35.1 Å². The zero-order chi connectivity index (χ0) is 28.9. The van der Waals surface area contributed by atoms with Crippen LogP contribution in [-0.4, -0.2) is 30.3 Å². The van der Waals surface area contributed by atoms with Crippen molar-refractivity contribution < 1.29 is 37.1 Å². The van der Waals surface area contributed by atoms with Crippen molar-refractivity contribution in [3.05, 3.63) is 95.6 Å². The number of nitrogens with one attached hydrogen (secondary N) is 1. The number of benzene rings is 3. The Labute approximate surface area is 233 Å². The van der Waals surface area contributed by atoms with E-state index in [1.807, 2.05) is 18.2 Å². The van der Waals surface area contributed by atoms with Gasteiger partial charge in [0.05, 0.1) is 28.7 Å². The molecule has 0 radical (unpaired) electrons. The molecular formula is C31H25F3N2O5. The summed E-state index contributed by atoms with van der Waals surface area (Å²) in [5, 5.41) is 2.26. The van der Waals surface area contributed by atoms with Crippen molar-refractivity contribution in [1.29, 1.82) is 0 Å². The summed E-state index contributed by atoms with van der Waals surface area (Å²) in [5.41, 5.74) is 0.643. The fourth-order valence-electron chi connectivity index (χ4n) is 6.73. The second-order valence-corrected chi connectivity index (χ2v) is 10.7. The first-order chi connectivity index (χ1) is 19.6. The molecule has 2 saturated carbocycles. The van der Waals surface area contributed by atoms with Crippen molar-refractivity contribution in [3.63, 3.8) is 0 Å². The summed E-state index contributed by atoms with van der Waals surface area (Å²) in [6.07, 6.45) is -2.81. The number of imide groups is 1. The normalized spacial score (nSPS) is 24.9. The Hall–Kier alpha value is -4.47. The number of rotatable bonds is 6. The van der Waals surface area contributed by atoms with Gasteiger partial charge in [-0.3, -0.25) is 19.3 Å². The molecule has 2 aliphatic carbocycles. The number of hydrogen-bond acceptors (Lipinski definition) is 5. The van der Waals surface area contributed by atoms with Crippen LogP contribution < -0.4 is 10.2 Å². The van der Waals surface area contributed by atoms with E-state index < -0.39 is 30.2 Å². The molecule has 1 heterocycles. The minimum atomic E-state index is -4.56. The van der Waals surface area contributed by atoms with E-state index in [0.29, 0.717) is 5.69 Å². The molecule has 3 aromatic carbocycles. The van der Waals surface area contributed by atoms with E-state index in [1.54, 1.807) is 0 Å². The first-order valence-electron chi connectivity index (χ1n) is 13.3. The Morgan fingerprint density at radius 1 is 0.878 bits per heavy atom. The number of halogens is 3. The minimum absolute atomic E-state index is 0.0848. The van der Waals surface area contributed by atoms with Crippen LogP contribution in [0.5, 0.6) is 0 Å². The summed E-state index contributed by atoms with van der Waals surface area (Å²) in [6, 6.07) is 20.0. The van der Waals surface area contributed by atoms with Gasteiger partial charge in [0.15, 0.2) is 6.61 Å². The Bertz CT molecular complexity index is 1520. The number of amides is 3. The van der Waals surface area contributed by atoms with Crippen LogP contribution in [0.4, 0.5) is 24.5 Å². The highest BCUT2D eigenvalue weighted by atomic mass is 19.4. The van der Waals surface area contributed by atoms with Gasteiger partial charge in [0.1, 0.15) is 0 Å². The third-order valence-electron chi connectivity index (χ3n) is 8.41. The lowest BCUT2D eigenvalue weighted by molar-refractivity contribution is -0.137. The molecule has 10 heteroatoms. The highest BCUT2D eigenvalue weighted by Crippen LogP contribution is 2.61. The van der Waals surface area contributed by atoms with Crippen LogP contribution in [0.15, 0.2) is 78.9 Å². The third-order valence-corrected chi connectivity index (χ3v) is 8.41. The van der Waals surface area contributed by atoms with Crippen LogP contribution in [0.3, 0.4) is 0 Å². The number of nitrogens with zero attached hydrogens (tertiary/aromatic N) is 1. The molecule has 3 fully saturated rings. The van der Waals surface area contributed by atoms with Gasteiger partial charge in [-0.2, -0.15) is 13.2 Å². The fourth-order valence-corrected chi connectivity index (χ4v) is 6.73. The van der Waals surface area contributed by atoms with E-state index >= 15 is 0 Å². The number of carbonyl (C=O) groups is 4. The van der Waals surface area contributed by atoms with Crippen LogP contribution >= 0.6 is 0 Å². The number of ether oxygens (including phenoxy) is 1. The Balaban J connectivity index is 1.08. The van der Waals surface area contributed by atoms with E-state index in [9.17, 15) is 32.3 Å². The molecule has 1 aliphatic heterocycles. The van der Waals surface area contributed by atoms with Gasteiger partial charge >= 0.3 is 12.1 Å². The van der Waals surface area contributed by atoms with Gasteiger partial charge in [-0.05, 0) is 78.6 Å². The zero-order valence-electron chi connectivity index (χ0n) is 21.6. The summed E-state index contributed by atoms with van der Waals surface area (Å²) in [7, 11) is 0. The molecule has 1 N–H and O–H groups in total. The summed E-state index contributed by atoms with van der Waals surface area (Å²) < 4.78 is 43.6. The number of hydrogen-bond donors (Lipinski definition) is 1. The average Bonchev–Trinajstić information content (AvgIpc) is 3.63. The number of fused-ring (bicyclic) bond motifs is 5. The van der Waals surface area contributed by atoms with E-state index in [0.717, 1.165) is 31.0 Å². The van der Waals surface area contributed by atoms with E-state index in [-0.39, 0.29) is 52.7 Å². The van der Waals surface area contributed by atoms with Crippen molar-refractivity contribution in [2.24, 2.45) is 23.7 Å². The van der Waals surface area contributed by atoms with Crippen LogP contribution in [-0.2, 0) is 25.3 Å². The van der Waals surface area contributed by atoms with Crippen LogP contribution in [0.25, 0.3) is 0 Å². The molecule has 1 saturated heterocycles. The smallest absolute Gasteiger partial charge is 0.416 e. The maximum absolute atomic E-state index is 13.5. The van der Waals surface area contributed by atoms with Gasteiger partial charge in [0, 0.05) is 5.69 Å². The molecule has 2 bridgehead atoms. The maximum atomic E-state index is 13.5. The molecule has 3 aliphatic rings. The SMILES string of the molecule is O=C(COC(=O)c1ccc(N2C(=O)[C@@H]3[C@@H]4C[C@@H]([C@H]3C2=O)[C@@H](c2ccccc2)C4)cc1)Nc1cccc(C(F)(F)F)c1. The molecule has 3 aromatic rings. The summed E-state index contributed by atoms with van der Waals surface area (Å²) in [6.45, 7) is -0.714. The quantitative estimate of drug-likeness (QED) is 0.320. The van der Waals surface area contributed by atoms with Gasteiger partial charge < -0.3 is 10.1 Å². The van der Waals surface area contributed by atoms with Crippen LogP contribution in [0, 0.1) is 23.7 Å². The number of esters is 1. The summed E-state index contributed by atoms with van der Waals surface area (Å²) >= 11 is 0. The predicted molar refractivity (Wildman–Crippen MR) is 142 cm³/mol. The van der Waals surface area contributed by atoms with Gasteiger partial charge in [0.2, 0.25) is 11.8 Å². The van der Waals surface area contributed by atoms with Crippen molar-refractivity contribution in [2.45, 2.75) is 24.9 Å². The standard InChI is InChI=1S/C31H25F3N2O5/c32-31(33,34)20-7-4-8-21(15-20)35-25(37)16-41-30(40)18-9-11-22(12-10-18)36-28(38)26-19-13-23(17-5-2-1-3-6-17)24(14-19)27(26)29(36)39/h1-12,15,19,23-24,26-27H,13-14,16H2,(H,35,37)/t19-,23+,24+,26+,27+/m0/s1. The lowest BCUT2D eigenvalue weighted by Gasteiger charge is -2.28. The highest BCUT2D eigenvalue weighted by molar-refractivity contribution is 6.22. The highest BCUT2D eigenvalue weighted by Gasteiger charge is 2.64. The molecule has 5 atom stereocenters. The predicted octanol–water partition coefficient (Wildman–Crippen LogP) is 5.43. The van der Waals surface area contributed by atoms with Gasteiger partial charge in [-0.25, -0.2) is 4.79 Å². The Morgan fingerprint density at radius 2 is 1.59 bits per heavy atom. The minimum Gasteiger partial charge on any atom is -0.452 e. The molecule has 6 rings (SSSR count). The lowest BCUT2D eigenvalue weighted by Crippen LogP contribution is -2.33. The van der Waals surface area contributed by atoms with Crippen LogP contribution in [0.1, 0.15) is 40.2 Å². The lowest BCUT2D eigenvalue weighted by atomic mass is 9.73. The zero-order valence-corrected chi connectivity index (χ0v) is 21.6. The largest absolute Gasteiger partial charge is 0.452 e. The second-order valence-electron chi connectivity index (χ2n) is 10.7. The van der Waals surface area contributed by atoms with Crippen molar-refractivity contribution in [2.75, 3.05) is 16.8 Å². The third kappa shape index (κ3) is 4.87. The molecule has 210 valence electrons. The molecule has 0 spiro atoms. The maximum Gasteiger partial charge on any atom is 0.416 e. The molecule has 3 amide bonds. The van der Waals surface area contributed by atoms with Crippen LogP contribution in [0.2, 0.25) is 0 Å². The van der Waals surface area contributed by atoms with Gasteiger partial charge in [-0.1, -0.05) is 36.4 Å². The van der Waals surface area contributed by atoms with Gasteiger partial charge in [-0.15, -0.1) is 0 Å². The van der Waals surface area contributed by atoms with Gasteiger partial charge in [0.25, 0.3) is 5.91 Å². The first-order valence-corrected chi connectivity index (χ1v) is 13.3. The monoisotopic (exact) mass is 562 g/mol. The average molecular weight is 563 g/mol. The summed E-state index contributed by atoms with van der Waals surface area (Å²) in [4.78, 5) is 52.7. The molecule has 7 nitrogen and oxygen atoms in total. The number of anilines is 2. The van der Waals surface area contributed by atoms with Crippen molar-refractivity contribution in [3.8, 4) is 0 Å². The number of carbonyl (C=O) groups excluding carboxylic acids is 4. The first kappa shape index (κ1) is 26.7. The van der Waals surface area contributed by atoms with E-state index in [1.165, 1.54) is 40.8 Å². The molecule has 0 aromatic heterocycles. The Kier molecular flexibility index (Phi) is 6.63. The second kappa shape index (κ2) is 10.2. The summed E-state index contributed by atoms with van der Waals surface area (Å²) in [5.74, 6) is -2.22. The van der Waals surface area contributed by atoms with E-state index in [4.69, 9.17) is 4.74 Å². The van der Waals surface area contributed by atoms with E-state index in [2.05, 4.69) is 17.4 Å². The molecule has 41 heavy (non-hydrogen) atoms.